The number of hydrogen-bond donors (Lipinski definition) is 1. The van der Waals surface area contributed by atoms with E-state index in [2.05, 4.69) is 14.2 Å². The average Bonchev–Trinajstić information content (AvgIpc) is 2.86. The van der Waals surface area contributed by atoms with Crippen LogP contribution in [-0.2, 0) is 13.0 Å². The van der Waals surface area contributed by atoms with Crippen LogP contribution in [0.5, 0.6) is 5.75 Å². The van der Waals surface area contributed by atoms with Gasteiger partial charge in [-0.15, -0.1) is 13.2 Å². The highest BCUT2D eigenvalue weighted by Crippen LogP contribution is 2.36. The SMILES string of the molecule is CCCc1c(-c2cccc(OC(F)(F)F)c2)c(C(N)=O)c(C)n1CCCN(C)C. The van der Waals surface area contributed by atoms with Crippen molar-refractivity contribution in [3.8, 4) is 16.9 Å². The quantitative estimate of drug-likeness (QED) is 0.667. The van der Waals surface area contributed by atoms with Crippen LogP contribution in [0.4, 0.5) is 13.2 Å². The molecule has 0 atom stereocenters. The van der Waals surface area contributed by atoms with E-state index in [1.807, 2.05) is 27.9 Å². The monoisotopic (exact) mass is 411 g/mol. The number of carbonyl (C=O) groups is 1. The molecule has 0 radical (unpaired) electrons. The molecule has 29 heavy (non-hydrogen) atoms. The fraction of sp³-hybridized carbons (Fsp3) is 0.476. The summed E-state index contributed by atoms with van der Waals surface area (Å²) in [6.07, 6.45) is -2.42. The van der Waals surface area contributed by atoms with Crippen molar-refractivity contribution < 1.29 is 22.7 Å². The Morgan fingerprint density at radius 2 is 1.97 bits per heavy atom. The molecule has 0 aliphatic heterocycles. The first-order valence-electron chi connectivity index (χ1n) is 9.57. The second-order valence-corrected chi connectivity index (χ2v) is 7.28. The molecule has 1 amide bonds. The first-order valence-corrected chi connectivity index (χ1v) is 9.57. The van der Waals surface area contributed by atoms with Crippen LogP contribution in [0.25, 0.3) is 11.1 Å². The molecule has 5 nitrogen and oxygen atoms in total. The van der Waals surface area contributed by atoms with Crippen LogP contribution in [-0.4, -0.2) is 42.4 Å². The van der Waals surface area contributed by atoms with Crippen molar-refractivity contribution in [1.29, 1.82) is 0 Å². The average molecular weight is 411 g/mol. The third-order valence-electron chi connectivity index (χ3n) is 4.71. The van der Waals surface area contributed by atoms with Gasteiger partial charge in [-0.25, -0.2) is 0 Å². The van der Waals surface area contributed by atoms with Gasteiger partial charge in [0.05, 0.1) is 5.56 Å². The molecule has 0 unspecified atom stereocenters. The number of halogens is 3. The van der Waals surface area contributed by atoms with E-state index in [4.69, 9.17) is 5.73 Å². The Morgan fingerprint density at radius 1 is 1.28 bits per heavy atom. The number of aromatic nitrogens is 1. The van der Waals surface area contributed by atoms with E-state index in [-0.39, 0.29) is 5.75 Å². The van der Waals surface area contributed by atoms with Gasteiger partial charge in [0, 0.05) is 23.5 Å². The zero-order valence-electron chi connectivity index (χ0n) is 17.3. The van der Waals surface area contributed by atoms with Crippen LogP contribution in [0.3, 0.4) is 0 Å². The maximum atomic E-state index is 12.7. The lowest BCUT2D eigenvalue weighted by molar-refractivity contribution is -0.274. The van der Waals surface area contributed by atoms with E-state index in [1.165, 1.54) is 18.2 Å². The molecule has 1 aromatic heterocycles. The van der Waals surface area contributed by atoms with Crippen molar-refractivity contribution in [3.05, 3.63) is 41.2 Å². The maximum absolute atomic E-state index is 12.7. The smallest absolute Gasteiger partial charge is 0.406 e. The zero-order chi connectivity index (χ0) is 21.8. The van der Waals surface area contributed by atoms with Crippen molar-refractivity contribution in [2.45, 2.75) is 46.0 Å². The van der Waals surface area contributed by atoms with E-state index in [0.717, 1.165) is 30.8 Å². The first kappa shape index (κ1) is 22.8. The first-order chi connectivity index (χ1) is 13.5. The molecule has 0 aliphatic carbocycles. The number of primary amides is 1. The normalized spacial score (nSPS) is 11.9. The summed E-state index contributed by atoms with van der Waals surface area (Å²) in [4.78, 5) is 14.3. The van der Waals surface area contributed by atoms with Gasteiger partial charge in [-0.3, -0.25) is 4.79 Å². The number of amides is 1. The Morgan fingerprint density at radius 3 is 2.52 bits per heavy atom. The maximum Gasteiger partial charge on any atom is 0.573 e. The summed E-state index contributed by atoms with van der Waals surface area (Å²) in [6, 6.07) is 5.70. The third-order valence-corrected chi connectivity index (χ3v) is 4.71. The van der Waals surface area contributed by atoms with E-state index in [9.17, 15) is 18.0 Å². The fourth-order valence-electron chi connectivity index (χ4n) is 3.60. The number of ether oxygens (including phenoxy) is 1. The van der Waals surface area contributed by atoms with Gasteiger partial charge in [0.25, 0.3) is 5.91 Å². The van der Waals surface area contributed by atoms with Gasteiger partial charge in [-0.1, -0.05) is 25.5 Å². The molecule has 2 aromatic rings. The van der Waals surface area contributed by atoms with Gasteiger partial charge in [0.1, 0.15) is 5.75 Å². The number of hydrogen-bond acceptors (Lipinski definition) is 3. The van der Waals surface area contributed by atoms with Crippen molar-refractivity contribution in [1.82, 2.24) is 9.47 Å². The van der Waals surface area contributed by atoms with Crippen molar-refractivity contribution in [2.24, 2.45) is 5.73 Å². The molecule has 0 fully saturated rings. The standard InChI is InChI=1S/C21H28F3N3O2/c1-5-8-17-19(15-9-6-10-16(13-15)29-21(22,23)24)18(20(25)28)14(2)27(17)12-7-11-26(3)4/h6,9-10,13H,5,7-8,11-12H2,1-4H3,(H2,25,28). The Labute approximate surface area is 169 Å². The van der Waals surface area contributed by atoms with Crippen LogP contribution in [0.1, 0.15) is 41.5 Å². The molecule has 0 saturated heterocycles. The van der Waals surface area contributed by atoms with Crippen LogP contribution in [0.2, 0.25) is 0 Å². The summed E-state index contributed by atoms with van der Waals surface area (Å²) < 4.78 is 44.1. The molecule has 1 heterocycles. The van der Waals surface area contributed by atoms with Crippen molar-refractivity contribution in [2.75, 3.05) is 20.6 Å². The summed E-state index contributed by atoms with van der Waals surface area (Å²) in [7, 11) is 3.98. The van der Waals surface area contributed by atoms with Gasteiger partial charge in [-0.05, 0) is 58.1 Å². The molecule has 0 spiro atoms. The Bertz CT molecular complexity index is 858. The number of benzene rings is 1. The van der Waals surface area contributed by atoms with Crippen molar-refractivity contribution >= 4 is 5.91 Å². The second kappa shape index (κ2) is 9.35. The summed E-state index contributed by atoms with van der Waals surface area (Å²) in [6.45, 7) is 5.41. The number of nitrogens with two attached hydrogens (primary N) is 1. The molecule has 2 rings (SSSR count). The lowest BCUT2D eigenvalue weighted by Gasteiger charge is -2.15. The molecule has 160 valence electrons. The molecule has 0 bridgehead atoms. The van der Waals surface area contributed by atoms with Gasteiger partial charge in [0.15, 0.2) is 0 Å². The minimum Gasteiger partial charge on any atom is -0.406 e. The third kappa shape index (κ3) is 5.76. The topological polar surface area (TPSA) is 60.5 Å². The molecule has 0 aliphatic rings. The lowest BCUT2D eigenvalue weighted by atomic mass is 9.98. The van der Waals surface area contributed by atoms with Crippen molar-refractivity contribution in [3.63, 3.8) is 0 Å². The Kier molecular flexibility index (Phi) is 7.35. The second-order valence-electron chi connectivity index (χ2n) is 7.28. The lowest BCUT2D eigenvalue weighted by Crippen LogP contribution is -2.17. The predicted octanol–water partition coefficient (Wildman–Crippen LogP) is 4.37. The molecule has 8 heteroatoms. The van der Waals surface area contributed by atoms with E-state index in [0.29, 0.717) is 29.7 Å². The summed E-state index contributed by atoms with van der Waals surface area (Å²) in [5, 5.41) is 0. The molecular formula is C21H28F3N3O2. The molecular weight excluding hydrogens is 383 g/mol. The van der Waals surface area contributed by atoms with Crippen LogP contribution in [0.15, 0.2) is 24.3 Å². The number of rotatable bonds is 9. The molecule has 1 aromatic carbocycles. The van der Waals surface area contributed by atoms with E-state index < -0.39 is 12.3 Å². The number of alkyl halides is 3. The highest BCUT2D eigenvalue weighted by Gasteiger charge is 2.31. The fourth-order valence-corrected chi connectivity index (χ4v) is 3.60. The Hall–Kier alpha value is -2.48. The highest BCUT2D eigenvalue weighted by molar-refractivity contribution is 6.02. The van der Waals surface area contributed by atoms with Gasteiger partial charge in [0.2, 0.25) is 0 Å². The number of nitrogens with zero attached hydrogens (tertiary/aromatic N) is 2. The number of carbonyl (C=O) groups excluding carboxylic acids is 1. The van der Waals surface area contributed by atoms with Gasteiger partial charge < -0.3 is 19.9 Å². The summed E-state index contributed by atoms with van der Waals surface area (Å²) in [5.74, 6) is -0.922. The largest absolute Gasteiger partial charge is 0.573 e. The highest BCUT2D eigenvalue weighted by atomic mass is 19.4. The van der Waals surface area contributed by atoms with Crippen LogP contribution >= 0.6 is 0 Å². The van der Waals surface area contributed by atoms with Gasteiger partial charge >= 0.3 is 6.36 Å². The van der Waals surface area contributed by atoms with E-state index >= 15 is 0 Å². The van der Waals surface area contributed by atoms with Crippen LogP contribution < -0.4 is 10.5 Å². The summed E-state index contributed by atoms with van der Waals surface area (Å²) in [5.41, 5.74) is 8.74. The van der Waals surface area contributed by atoms with E-state index in [1.54, 1.807) is 6.07 Å². The minimum atomic E-state index is -4.79. The summed E-state index contributed by atoms with van der Waals surface area (Å²) >= 11 is 0. The zero-order valence-corrected chi connectivity index (χ0v) is 17.3. The molecule has 2 N–H and O–H groups in total. The Balaban J connectivity index is 2.60. The molecule has 0 saturated carbocycles. The minimum absolute atomic E-state index is 0.328. The van der Waals surface area contributed by atoms with Gasteiger partial charge in [-0.2, -0.15) is 0 Å². The van der Waals surface area contributed by atoms with Crippen LogP contribution in [0, 0.1) is 6.92 Å². The predicted molar refractivity (Wildman–Crippen MR) is 107 cm³/mol.